The number of ether oxygens (including phenoxy) is 3. The summed E-state index contributed by atoms with van der Waals surface area (Å²) in [5.41, 5.74) is 2.67. The first-order chi connectivity index (χ1) is 15.2. The highest BCUT2D eigenvalue weighted by Gasteiger charge is 2.66. The molecule has 32 heavy (non-hydrogen) atoms. The van der Waals surface area contributed by atoms with Crippen LogP contribution in [0.5, 0.6) is 5.75 Å². The van der Waals surface area contributed by atoms with Gasteiger partial charge in [0.05, 0.1) is 18.8 Å². The highest BCUT2D eigenvalue weighted by Crippen LogP contribution is 2.62. The molecule has 1 aromatic carbocycles. The molecule has 0 amide bonds. The van der Waals surface area contributed by atoms with Gasteiger partial charge in [-0.05, 0) is 57.6 Å². The molecule has 2 heterocycles. The van der Waals surface area contributed by atoms with Crippen molar-refractivity contribution in [3.63, 3.8) is 0 Å². The third-order valence-corrected chi connectivity index (χ3v) is 7.75. The number of nitrogens with one attached hydrogen (secondary N) is 2. The Kier molecular flexibility index (Phi) is 7.88. The van der Waals surface area contributed by atoms with Crippen LogP contribution in [-0.4, -0.2) is 50.6 Å². The Morgan fingerprint density at radius 3 is 2.78 bits per heavy atom. The van der Waals surface area contributed by atoms with E-state index in [-0.39, 0.29) is 30.1 Å². The van der Waals surface area contributed by atoms with Crippen LogP contribution in [0.1, 0.15) is 56.6 Å². The number of hydrogen-bond donors (Lipinski definition) is 2. The number of guanidine groups is 1. The molecule has 2 saturated carbocycles. The maximum atomic E-state index is 6.17. The van der Waals surface area contributed by atoms with Crippen LogP contribution < -0.4 is 15.4 Å². The van der Waals surface area contributed by atoms with E-state index < -0.39 is 0 Å². The first-order valence-electron chi connectivity index (χ1n) is 12.2. The molecule has 2 saturated heterocycles. The van der Waals surface area contributed by atoms with Crippen LogP contribution >= 0.6 is 24.0 Å². The van der Waals surface area contributed by atoms with Gasteiger partial charge in [0.25, 0.3) is 0 Å². The lowest BCUT2D eigenvalue weighted by Crippen LogP contribution is -2.72. The van der Waals surface area contributed by atoms with Crippen molar-refractivity contribution in [3.8, 4) is 5.75 Å². The number of aryl methyl sites for hydroxylation is 1. The summed E-state index contributed by atoms with van der Waals surface area (Å²) in [6.07, 6.45) is 7.96. The van der Waals surface area contributed by atoms with Gasteiger partial charge in [0, 0.05) is 42.7 Å². The Morgan fingerprint density at radius 2 is 2.06 bits per heavy atom. The molecular formula is C25H38IN3O3. The number of rotatable bonds is 7. The minimum atomic E-state index is 0. The van der Waals surface area contributed by atoms with Crippen LogP contribution in [0.4, 0.5) is 0 Å². The van der Waals surface area contributed by atoms with Crippen LogP contribution in [0.3, 0.4) is 0 Å². The molecule has 178 valence electrons. The molecule has 7 heteroatoms. The van der Waals surface area contributed by atoms with Gasteiger partial charge in [-0.15, -0.1) is 24.0 Å². The number of nitrogens with zero attached hydrogens (tertiary/aromatic N) is 1. The average molecular weight is 556 g/mol. The second-order valence-corrected chi connectivity index (χ2v) is 9.71. The summed E-state index contributed by atoms with van der Waals surface area (Å²) in [6.45, 7) is 8.07. The van der Waals surface area contributed by atoms with Crippen molar-refractivity contribution in [1.29, 1.82) is 0 Å². The number of halogens is 1. The van der Waals surface area contributed by atoms with Crippen molar-refractivity contribution < 1.29 is 14.2 Å². The van der Waals surface area contributed by atoms with E-state index in [1.165, 1.54) is 31.2 Å². The fourth-order valence-electron chi connectivity index (χ4n) is 5.97. The van der Waals surface area contributed by atoms with Crippen LogP contribution in [-0.2, 0) is 16.0 Å². The molecule has 1 spiro atoms. The summed E-state index contributed by atoms with van der Waals surface area (Å²) in [5, 5.41) is 7.26. The van der Waals surface area contributed by atoms with Crippen molar-refractivity contribution >= 4 is 29.9 Å². The van der Waals surface area contributed by atoms with Gasteiger partial charge in [0.15, 0.2) is 5.96 Å². The monoisotopic (exact) mass is 555 g/mol. The number of fused-ring (bicyclic) bond motifs is 2. The summed E-state index contributed by atoms with van der Waals surface area (Å²) >= 11 is 0. The van der Waals surface area contributed by atoms with E-state index in [4.69, 9.17) is 19.2 Å². The van der Waals surface area contributed by atoms with E-state index in [0.717, 1.165) is 49.9 Å². The first kappa shape index (κ1) is 24.1. The predicted octanol–water partition coefficient (Wildman–Crippen LogP) is 4.18. The molecule has 4 fully saturated rings. The van der Waals surface area contributed by atoms with Crippen molar-refractivity contribution in [2.45, 2.75) is 77.2 Å². The minimum absolute atomic E-state index is 0. The second-order valence-electron chi connectivity index (χ2n) is 9.71. The molecule has 5 rings (SSSR count). The zero-order valence-electron chi connectivity index (χ0n) is 19.4. The van der Waals surface area contributed by atoms with E-state index in [0.29, 0.717) is 36.6 Å². The Bertz CT molecular complexity index is 808. The second kappa shape index (κ2) is 10.5. The Morgan fingerprint density at radius 1 is 1.19 bits per heavy atom. The van der Waals surface area contributed by atoms with Crippen molar-refractivity contribution in [2.75, 3.05) is 26.4 Å². The lowest BCUT2D eigenvalue weighted by Gasteiger charge is -2.63. The van der Waals surface area contributed by atoms with Gasteiger partial charge in [-0.3, -0.25) is 0 Å². The Hall–Kier alpha value is -1.06. The highest BCUT2D eigenvalue weighted by atomic mass is 127. The van der Waals surface area contributed by atoms with E-state index in [9.17, 15) is 0 Å². The van der Waals surface area contributed by atoms with Gasteiger partial charge in [-0.25, -0.2) is 4.99 Å². The quantitative estimate of drug-likeness (QED) is 0.300. The lowest BCUT2D eigenvalue weighted by molar-refractivity contribution is -0.171. The molecule has 2 N–H and O–H groups in total. The van der Waals surface area contributed by atoms with E-state index >= 15 is 0 Å². The first-order valence-corrected chi connectivity index (χ1v) is 12.2. The third-order valence-electron chi connectivity index (χ3n) is 7.75. The molecule has 6 nitrogen and oxygen atoms in total. The van der Waals surface area contributed by atoms with Crippen LogP contribution in [0.25, 0.3) is 0 Å². The van der Waals surface area contributed by atoms with Crippen LogP contribution in [0, 0.1) is 18.3 Å². The zero-order chi connectivity index (χ0) is 21.3. The maximum absolute atomic E-state index is 6.17. The summed E-state index contributed by atoms with van der Waals surface area (Å²) in [5.74, 6) is 2.47. The molecular weight excluding hydrogens is 517 g/mol. The number of benzene rings is 1. The standard InChI is InChI=1S/C25H37N3O3.HI/c1-3-26-24(28-22-20-9-13-30-23(20)25(22)10-5-11-25)27-15-18-8-7-17(2)14-21(18)31-16-19-6-4-12-29-19;/h7-8,14,19-20,22-23H,3-6,9-13,15-16H2,1-2H3,(H2,26,27,28);1H. The highest BCUT2D eigenvalue weighted by molar-refractivity contribution is 14.0. The normalized spacial score (nSPS) is 30.1. The molecule has 4 unspecified atom stereocenters. The molecule has 2 aliphatic carbocycles. The van der Waals surface area contributed by atoms with E-state index in [2.05, 4.69) is 42.7 Å². The maximum Gasteiger partial charge on any atom is 0.191 e. The summed E-state index contributed by atoms with van der Waals surface area (Å²) in [7, 11) is 0. The molecule has 4 atom stereocenters. The Labute approximate surface area is 209 Å². The molecule has 2 aliphatic heterocycles. The lowest BCUT2D eigenvalue weighted by atomic mass is 9.46. The van der Waals surface area contributed by atoms with Crippen molar-refractivity contribution in [1.82, 2.24) is 10.6 Å². The predicted molar refractivity (Wildman–Crippen MR) is 137 cm³/mol. The minimum Gasteiger partial charge on any atom is -0.491 e. The summed E-state index contributed by atoms with van der Waals surface area (Å²) in [6, 6.07) is 6.89. The summed E-state index contributed by atoms with van der Waals surface area (Å²) in [4.78, 5) is 4.96. The molecule has 0 aromatic heterocycles. The largest absolute Gasteiger partial charge is 0.491 e. The fraction of sp³-hybridized carbons (Fsp3) is 0.720. The SMILES string of the molecule is CCNC(=NCc1ccc(C)cc1OCC1CCCO1)NC1C2CCOC2C12CCC2.I. The van der Waals surface area contributed by atoms with E-state index in [1.807, 2.05) is 0 Å². The summed E-state index contributed by atoms with van der Waals surface area (Å²) < 4.78 is 18.0. The van der Waals surface area contributed by atoms with Gasteiger partial charge in [0.1, 0.15) is 12.4 Å². The van der Waals surface area contributed by atoms with Gasteiger partial charge >= 0.3 is 0 Å². The molecule has 4 aliphatic rings. The Balaban J connectivity index is 0.00000245. The van der Waals surface area contributed by atoms with Gasteiger partial charge in [-0.1, -0.05) is 18.6 Å². The molecule has 1 aromatic rings. The van der Waals surface area contributed by atoms with E-state index in [1.54, 1.807) is 0 Å². The molecule has 0 radical (unpaired) electrons. The van der Waals surface area contributed by atoms with Crippen LogP contribution in [0.15, 0.2) is 23.2 Å². The van der Waals surface area contributed by atoms with Crippen LogP contribution in [0.2, 0.25) is 0 Å². The molecule has 0 bridgehead atoms. The zero-order valence-corrected chi connectivity index (χ0v) is 21.7. The fourth-order valence-corrected chi connectivity index (χ4v) is 5.97. The van der Waals surface area contributed by atoms with Gasteiger partial charge in [-0.2, -0.15) is 0 Å². The smallest absolute Gasteiger partial charge is 0.191 e. The van der Waals surface area contributed by atoms with Crippen molar-refractivity contribution in [2.24, 2.45) is 16.3 Å². The van der Waals surface area contributed by atoms with Gasteiger partial charge in [0.2, 0.25) is 0 Å². The van der Waals surface area contributed by atoms with Gasteiger partial charge < -0.3 is 24.8 Å². The third kappa shape index (κ3) is 4.62. The van der Waals surface area contributed by atoms with Crippen molar-refractivity contribution in [3.05, 3.63) is 29.3 Å². The number of aliphatic imine (C=N–C) groups is 1. The average Bonchev–Trinajstić information content (AvgIpc) is 3.39. The topological polar surface area (TPSA) is 64.1 Å². The number of hydrogen-bond acceptors (Lipinski definition) is 4.